The van der Waals surface area contributed by atoms with Gasteiger partial charge in [-0.15, -0.1) is 0 Å². The van der Waals surface area contributed by atoms with E-state index in [1.165, 1.54) is 0 Å². The molecule has 0 unspecified atom stereocenters. The van der Waals surface area contributed by atoms with E-state index in [4.69, 9.17) is 5.11 Å². The van der Waals surface area contributed by atoms with Gasteiger partial charge in [0.25, 0.3) is 6.43 Å². The van der Waals surface area contributed by atoms with Crippen LogP contribution in [0, 0.1) is 0 Å². The van der Waals surface area contributed by atoms with Crippen molar-refractivity contribution in [3.05, 3.63) is 0 Å². The van der Waals surface area contributed by atoms with E-state index in [1.54, 1.807) is 4.90 Å². The molecule has 0 aliphatic carbocycles. The highest BCUT2D eigenvalue weighted by Gasteiger charge is 2.36. The van der Waals surface area contributed by atoms with Gasteiger partial charge in [-0.25, -0.2) is 8.78 Å². The molecule has 0 aromatic rings. The van der Waals surface area contributed by atoms with E-state index in [0.29, 0.717) is 6.54 Å². The van der Waals surface area contributed by atoms with Crippen molar-refractivity contribution >= 4 is 0 Å². The monoisotopic (exact) mass is 179 g/mol. The topological polar surface area (TPSA) is 23.5 Å². The maximum atomic E-state index is 12.0. The van der Waals surface area contributed by atoms with E-state index >= 15 is 0 Å². The van der Waals surface area contributed by atoms with Crippen LogP contribution in [0.25, 0.3) is 0 Å². The second-order valence-corrected chi connectivity index (χ2v) is 3.60. The van der Waals surface area contributed by atoms with Gasteiger partial charge in [0, 0.05) is 5.54 Å². The minimum absolute atomic E-state index is 0.0281. The molecule has 1 N–H and O–H groups in total. The Morgan fingerprint density at radius 1 is 1.58 bits per heavy atom. The Balaban J connectivity index is 2.51. The van der Waals surface area contributed by atoms with Gasteiger partial charge in [-0.3, -0.25) is 4.90 Å². The minimum atomic E-state index is -2.30. The van der Waals surface area contributed by atoms with Crippen molar-refractivity contribution in [2.24, 2.45) is 0 Å². The van der Waals surface area contributed by atoms with Crippen LogP contribution in [0.4, 0.5) is 8.78 Å². The number of hydrogen-bond donors (Lipinski definition) is 1. The summed E-state index contributed by atoms with van der Waals surface area (Å²) in [6.45, 7) is 2.28. The number of aliphatic hydroxyl groups is 1. The molecular weight excluding hydrogens is 164 g/mol. The number of nitrogens with zero attached hydrogens (tertiary/aromatic N) is 1. The molecule has 4 heteroatoms. The zero-order chi connectivity index (χ0) is 9.19. The third kappa shape index (κ3) is 1.93. The maximum absolute atomic E-state index is 12.0. The fourth-order valence-electron chi connectivity index (χ4n) is 1.74. The second-order valence-electron chi connectivity index (χ2n) is 3.60. The summed E-state index contributed by atoms with van der Waals surface area (Å²) < 4.78 is 24.1. The van der Waals surface area contributed by atoms with Gasteiger partial charge in [0.15, 0.2) is 0 Å². The van der Waals surface area contributed by atoms with Crippen molar-refractivity contribution in [2.75, 3.05) is 19.7 Å². The summed E-state index contributed by atoms with van der Waals surface area (Å²) in [5.74, 6) is 0. The van der Waals surface area contributed by atoms with Crippen LogP contribution >= 0.6 is 0 Å². The molecule has 0 radical (unpaired) electrons. The van der Waals surface area contributed by atoms with Crippen LogP contribution in [0.5, 0.6) is 0 Å². The number of rotatable bonds is 3. The van der Waals surface area contributed by atoms with Crippen LogP contribution in [0.15, 0.2) is 0 Å². The molecule has 72 valence electrons. The van der Waals surface area contributed by atoms with Gasteiger partial charge in [-0.1, -0.05) is 0 Å². The fourth-order valence-corrected chi connectivity index (χ4v) is 1.74. The molecule has 0 aromatic heterocycles. The lowest BCUT2D eigenvalue weighted by Crippen LogP contribution is -2.46. The van der Waals surface area contributed by atoms with E-state index in [1.807, 2.05) is 6.92 Å². The predicted octanol–water partition coefficient (Wildman–Crippen LogP) is 1.10. The van der Waals surface area contributed by atoms with Gasteiger partial charge in [0.1, 0.15) is 0 Å². The largest absolute Gasteiger partial charge is 0.394 e. The molecule has 1 aliphatic heterocycles. The second kappa shape index (κ2) is 3.66. The highest BCUT2D eigenvalue weighted by atomic mass is 19.3. The number of aliphatic hydroxyl groups excluding tert-OH is 1. The van der Waals surface area contributed by atoms with Crippen LogP contribution in [0.1, 0.15) is 19.8 Å². The summed E-state index contributed by atoms with van der Waals surface area (Å²) in [6, 6.07) is 0. The first-order valence-corrected chi connectivity index (χ1v) is 4.22. The number of halogens is 2. The molecule has 2 nitrogen and oxygen atoms in total. The highest BCUT2D eigenvalue weighted by Crippen LogP contribution is 2.28. The summed E-state index contributed by atoms with van der Waals surface area (Å²) in [5, 5.41) is 9.02. The average molecular weight is 179 g/mol. The van der Waals surface area contributed by atoms with E-state index in [0.717, 1.165) is 12.8 Å². The van der Waals surface area contributed by atoms with Crippen LogP contribution in [0.2, 0.25) is 0 Å². The molecule has 1 saturated heterocycles. The highest BCUT2D eigenvalue weighted by molar-refractivity contribution is 4.91. The molecule has 1 fully saturated rings. The first kappa shape index (κ1) is 9.86. The van der Waals surface area contributed by atoms with Gasteiger partial charge >= 0.3 is 0 Å². The van der Waals surface area contributed by atoms with E-state index in [9.17, 15) is 8.78 Å². The molecule has 0 spiro atoms. The third-order valence-corrected chi connectivity index (χ3v) is 2.61. The summed E-state index contributed by atoms with van der Waals surface area (Å²) in [7, 11) is 0. The normalized spacial score (nSPS) is 31.8. The molecule has 0 aromatic carbocycles. The maximum Gasteiger partial charge on any atom is 0.251 e. The smallest absolute Gasteiger partial charge is 0.251 e. The molecule has 12 heavy (non-hydrogen) atoms. The Bertz CT molecular complexity index is 154. The van der Waals surface area contributed by atoms with Crippen LogP contribution in [-0.4, -0.2) is 41.7 Å². The van der Waals surface area contributed by atoms with E-state index in [-0.39, 0.29) is 13.2 Å². The summed E-state index contributed by atoms with van der Waals surface area (Å²) >= 11 is 0. The lowest BCUT2D eigenvalue weighted by atomic mass is 10.0. The van der Waals surface area contributed by atoms with Crippen LogP contribution in [-0.2, 0) is 0 Å². The Kier molecular flexibility index (Phi) is 3.01. The van der Waals surface area contributed by atoms with Crippen molar-refractivity contribution in [3.8, 4) is 0 Å². The predicted molar refractivity (Wildman–Crippen MR) is 42.3 cm³/mol. The van der Waals surface area contributed by atoms with Crippen molar-refractivity contribution in [3.63, 3.8) is 0 Å². The molecule has 1 atom stereocenters. The Labute approximate surface area is 71.2 Å². The van der Waals surface area contributed by atoms with Crippen LogP contribution in [0.3, 0.4) is 0 Å². The Morgan fingerprint density at radius 3 is 2.75 bits per heavy atom. The third-order valence-electron chi connectivity index (χ3n) is 2.61. The van der Waals surface area contributed by atoms with Gasteiger partial charge in [-0.05, 0) is 26.3 Å². The van der Waals surface area contributed by atoms with E-state index in [2.05, 4.69) is 0 Å². The fraction of sp³-hybridized carbons (Fsp3) is 1.00. The summed E-state index contributed by atoms with van der Waals surface area (Å²) in [5.41, 5.74) is -0.406. The van der Waals surface area contributed by atoms with Gasteiger partial charge in [0.05, 0.1) is 13.2 Å². The number of hydrogen-bond acceptors (Lipinski definition) is 2. The Hall–Kier alpha value is -0.220. The Morgan fingerprint density at radius 2 is 2.25 bits per heavy atom. The van der Waals surface area contributed by atoms with Crippen molar-refractivity contribution < 1.29 is 13.9 Å². The van der Waals surface area contributed by atoms with E-state index < -0.39 is 12.0 Å². The first-order valence-electron chi connectivity index (χ1n) is 4.22. The zero-order valence-corrected chi connectivity index (χ0v) is 7.26. The van der Waals surface area contributed by atoms with Crippen molar-refractivity contribution in [1.29, 1.82) is 0 Å². The lowest BCUT2D eigenvalue weighted by Gasteiger charge is -2.33. The lowest BCUT2D eigenvalue weighted by molar-refractivity contribution is 0.0237. The first-order chi connectivity index (χ1) is 5.58. The molecular formula is C8H15F2NO. The molecule has 0 amide bonds. The molecule has 1 heterocycles. The average Bonchev–Trinajstić information content (AvgIpc) is 2.33. The summed E-state index contributed by atoms with van der Waals surface area (Å²) in [4.78, 5) is 1.68. The van der Waals surface area contributed by atoms with Crippen molar-refractivity contribution in [1.82, 2.24) is 4.90 Å². The quantitative estimate of drug-likeness (QED) is 0.701. The molecule has 1 aliphatic rings. The van der Waals surface area contributed by atoms with Crippen molar-refractivity contribution in [2.45, 2.75) is 31.7 Å². The standard InChI is InChI=1S/C8H15F2NO/c1-8(6-12)3-2-4-11(8)5-7(9)10/h7,12H,2-6H2,1H3/t8-/m1/s1. The van der Waals surface area contributed by atoms with Crippen LogP contribution < -0.4 is 0 Å². The zero-order valence-electron chi connectivity index (χ0n) is 7.26. The number of likely N-dealkylation sites (tertiary alicyclic amines) is 1. The summed E-state index contributed by atoms with van der Waals surface area (Å²) in [6.07, 6.45) is -0.575. The van der Waals surface area contributed by atoms with Gasteiger partial charge in [-0.2, -0.15) is 0 Å². The SMILES string of the molecule is C[C@]1(CO)CCCN1CC(F)F. The molecule has 1 rings (SSSR count). The molecule has 0 bridgehead atoms. The van der Waals surface area contributed by atoms with Gasteiger partial charge in [0.2, 0.25) is 0 Å². The van der Waals surface area contributed by atoms with Gasteiger partial charge < -0.3 is 5.11 Å². The number of alkyl halides is 2. The minimum Gasteiger partial charge on any atom is -0.394 e. The molecule has 0 saturated carbocycles.